The van der Waals surface area contributed by atoms with Gasteiger partial charge in [0.05, 0.1) is 47.6 Å². The molecule has 14 nitrogen and oxygen atoms in total. The molecule has 0 unspecified atom stereocenters. The zero-order valence-corrected chi connectivity index (χ0v) is 28.2. The SMILES string of the molecule is CN1/N=C\c2ccc(n2C)/C=N\N(C)P(=O)(Oc2ccccc2)N(C)/N=C\c2ccc(n2C)/C=N\N(C)P1(=O)Oc1ccccc1. The number of rotatable bonds is 4. The largest absolute Gasteiger partial charge is 0.479 e. The van der Waals surface area contributed by atoms with Crippen molar-refractivity contribution in [3.8, 4) is 11.5 Å². The van der Waals surface area contributed by atoms with Gasteiger partial charge < -0.3 is 18.2 Å². The lowest BCUT2D eigenvalue weighted by Crippen LogP contribution is -2.24. The number of hydrogen-bond donors (Lipinski definition) is 0. The van der Waals surface area contributed by atoms with Crippen molar-refractivity contribution in [1.82, 2.24) is 28.3 Å². The van der Waals surface area contributed by atoms with Gasteiger partial charge in [-0.25, -0.2) is 9.13 Å². The van der Waals surface area contributed by atoms with Crippen LogP contribution in [0.3, 0.4) is 0 Å². The molecule has 0 N–H and O–H groups in total. The maximum absolute atomic E-state index is 14.4. The molecule has 4 bridgehead atoms. The molecule has 0 atom stereocenters. The third-order valence-electron chi connectivity index (χ3n) is 7.23. The molecule has 1 aliphatic heterocycles. The van der Waals surface area contributed by atoms with Crippen LogP contribution in [0.15, 0.2) is 105 Å². The van der Waals surface area contributed by atoms with Gasteiger partial charge in [-0.05, 0) is 48.5 Å². The van der Waals surface area contributed by atoms with E-state index in [0.29, 0.717) is 34.3 Å². The summed E-state index contributed by atoms with van der Waals surface area (Å²) in [6.45, 7) is 0. The zero-order valence-electron chi connectivity index (χ0n) is 26.4. The van der Waals surface area contributed by atoms with Gasteiger partial charge in [0.2, 0.25) is 0 Å². The molecule has 0 fully saturated rings. The first-order chi connectivity index (χ1) is 22.0. The Morgan fingerprint density at radius 3 is 0.957 bits per heavy atom. The molecule has 1 aliphatic rings. The van der Waals surface area contributed by atoms with Gasteiger partial charge in [-0.2, -0.15) is 39.5 Å². The minimum absolute atomic E-state index is 0.404. The first-order valence-corrected chi connectivity index (χ1v) is 17.2. The lowest BCUT2D eigenvalue weighted by molar-refractivity contribution is 0.325. The molecule has 2 aromatic carbocycles. The Morgan fingerprint density at radius 1 is 0.435 bits per heavy atom. The highest BCUT2D eigenvalue weighted by atomic mass is 31.2. The van der Waals surface area contributed by atoms with Crippen LogP contribution in [0.1, 0.15) is 22.8 Å². The monoisotopic (exact) mass is 662 g/mol. The summed E-state index contributed by atoms with van der Waals surface area (Å²) in [6.07, 6.45) is 6.25. The fourth-order valence-corrected chi connectivity index (χ4v) is 7.03. The predicted octanol–water partition coefficient (Wildman–Crippen LogP) is 5.51. The third-order valence-corrected chi connectivity index (χ3v) is 11.5. The van der Waals surface area contributed by atoms with E-state index in [1.165, 1.54) is 19.1 Å². The quantitative estimate of drug-likeness (QED) is 0.262. The molecule has 0 amide bonds. The first kappa shape index (κ1) is 32.3. The maximum atomic E-state index is 14.4. The van der Waals surface area contributed by atoms with Crippen LogP contribution in [-0.4, -0.2) is 81.3 Å². The fraction of sp³-hybridized carbons (Fsp3) is 0.200. The highest BCUT2D eigenvalue weighted by Crippen LogP contribution is 2.54. The average Bonchev–Trinajstić information content (AvgIpc) is 3.60. The van der Waals surface area contributed by atoms with Crippen LogP contribution < -0.4 is 9.05 Å². The van der Waals surface area contributed by atoms with E-state index in [4.69, 9.17) is 9.05 Å². The highest BCUT2D eigenvalue weighted by Gasteiger charge is 2.37. The molecule has 240 valence electrons. The molecular formula is C30H36N10O4P2. The molecule has 0 saturated heterocycles. The van der Waals surface area contributed by atoms with E-state index in [2.05, 4.69) is 20.4 Å². The van der Waals surface area contributed by atoms with E-state index >= 15 is 0 Å². The molecule has 0 saturated carbocycles. The normalized spacial score (nSPS) is 23.4. The molecule has 4 aromatic rings. The maximum Gasteiger partial charge on any atom is 0.479 e. The molecule has 46 heavy (non-hydrogen) atoms. The minimum atomic E-state index is -3.85. The fourth-order valence-electron chi connectivity index (χ4n) is 4.29. The lowest BCUT2D eigenvalue weighted by Gasteiger charge is -2.30. The molecule has 0 aliphatic carbocycles. The molecule has 16 heteroatoms. The summed E-state index contributed by atoms with van der Waals surface area (Å²) < 4.78 is 49.6. The van der Waals surface area contributed by atoms with Crippen molar-refractivity contribution in [2.24, 2.45) is 34.5 Å². The number of benzene rings is 2. The van der Waals surface area contributed by atoms with Crippen LogP contribution in [0.2, 0.25) is 0 Å². The molecule has 5 rings (SSSR count). The molecule has 0 spiro atoms. The number of hydrazone groups is 4. The highest BCUT2D eigenvalue weighted by molar-refractivity contribution is 7.54. The summed E-state index contributed by atoms with van der Waals surface area (Å²) in [5.41, 5.74) is 2.74. The van der Waals surface area contributed by atoms with Gasteiger partial charge in [0.15, 0.2) is 0 Å². The van der Waals surface area contributed by atoms with Crippen LogP contribution in [0.25, 0.3) is 0 Å². The van der Waals surface area contributed by atoms with Crippen molar-refractivity contribution < 1.29 is 18.2 Å². The Balaban J connectivity index is 1.58. The zero-order chi connectivity index (χ0) is 32.9. The molecule has 2 aromatic heterocycles. The van der Waals surface area contributed by atoms with E-state index in [1.54, 1.807) is 102 Å². The van der Waals surface area contributed by atoms with Gasteiger partial charge in [-0.1, -0.05) is 36.4 Å². The summed E-state index contributed by atoms with van der Waals surface area (Å²) in [5.74, 6) is 0.807. The minimum Gasteiger partial charge on any atom is -0.412 e. The van der Waals surface area contributed by atoms with Crippen LogP contribution in [0.5, 0.6) is 11.5 Å². The van der Waals surface area contributed by atoms with Crippen molar-refractivity contribution in [2.75, 3.05) is 28.2 Å². The standard InChI is InChI=1S/C30H36N10O4P2/c1-35-25-17-18-26(35)22-32-38(4)46(42,44-30-15-11-8-12-16-30)40(6)34-24-28-20-19-27(36(28)2)23-33-39(5)45(41,37(3)31-21-25)43-29-13-9-7-10-14-29/h7-24H,1-6H3/b31-21-,32-22-,33-23-,34-24-. The lowest BCUT2D eigenvalue weighted by atomic mass is 10.3. The molecule has 0 radical (unpaired) electrons. The number of aromatic nitrogens is 2. The number of nitrogens with zero attached hydrogens (tertiary/aromatic N) is 10. The van der Waals surface area contributed by atoms with E-state index in [1.807, 2.05) is 59.6 Å². The van der Waals surface area contributed by atoms with Gasteiger partial charge >= 0.3 is 15.3 Å². The van der Waals surface area contributed by atoms with Crippen LogP contribution in [0.4, 0.5) is 0 Å². The number of hydrogen-bond acceptors (Lipinski definition) is 8. The average molecular weight is 663 g/mol. The van der Waals surface area contributed by atoms with Crippen molar-refractivity contribution >= 4 is 40.2 Å². The molecule has 3 heterocycles. The summed E-state index contributed by atoms with van der Waals surface area (Å²) >= 11 is 0. The van der Waals surface area contributed by atoms with Crippen LogP contribution in [0, 0.1) is 0 Å². The smallest absolute Gasteiger partial charge is 0.412 e. The van der Waals surface area contributed by atoms with Crippen LogP contribution in [-0.2, 0) is 23.2 Å². The Kier molecular flexibility index (Phi) is 9.50. The topological polar surface area (TPSA) is 125 Å². The second-order valence-corrected chi connectivity index (χ2v) is 14.9. The van der Waals surface area contributed by atoms with Crippen molar-refractivity contribution in [1.29, 1.82) is 0 Å². The summed E-state index contributed by atoms with van der Waals surface area (Å²) in [5, 5.41) is 17.9. The van der Waals surface area contributed by atoms with Gasteiger partial charge in [-0.15, -0.1) is 0 Å². The predicted molar refractivity (Wildman–Crippen MR) is 182 cm³/mol. The van der Waals surface area contributed by atoms with Crippen molar-refractivity contribution in [3.05, 3.63) is 108 Å². The summed E-state index contributed by atoms with van der Waals surface area (Å²) in [6, 6.07) is 25.1. The Morgan fingerprint density at radius 2 is 0.696 bits per heavy atom. The third kappa shape index (κ3) is 6.78. The van der Waals surface area contributed by atoms with Gasteiger partial charge in [0, 0.05) is 42.3 Å². The Bertz CT molecular complexity index is 1650. The molecular weight excluding hydrogens is 626 g/mol. The van der Waals surface area contributed by atoms with Gasteiger partial charge in [-0.3, -0.25) is 0 Å². The van der Waals surface area contributed by atoms with E-state index in [-0.39, 0.29) is 0 Å². The van der Waals surface area contributed by atoms with Gasteiger partial charge in [0.1, 0.15) is 11.5 Å². The van der Waals surface area contributed by atoms with Gasteiger partial charge in [0.25, 0.3) is 0 Å². The Hall–Kier alpha value is -5.06. The summed E-state index contributed by atoms with van der Waals surface area (Å²) in [7, 11) is 2.21. The second-order valence-electron chi connectivity index (χ2n) is 10.2. The van der Waals surface area contributed by atoms with Crippen molar-refractivity contribution in [2.45, 2.75) is 0 Å². The van der Waals surface area contributed by atoms with E-state index in [9.17, 15) is 9.13 Å². The Labute approximate surface area is 268 Å². The number of para-hydroxylation sites is 2. The first-order valence-electron chi connectivity index (χ1n) is 14.1. The van der Waals surface area contributed by atoms with E-state index < -0.39 is 15.3 Å². The van der Waals surface area contributed by atoms with Crippen molar-refractivity contribution in [3.63, 3.8) is 0 Å². The van der Waals surface area contributed by atoms with E-state index in [0.717, 1.165) is 0 Å². The number of fused-ring (bicyclic) bond motifs is 4. The van der Waals surface area contributed by atoms with Crippen LogP contribution >= 0.6 is 15.3 Å². The summed E-state index contributed by atoms with van der Waals surface area (Å²) in [4.78, 5) is 0. The second kappa shape index (κ2) is 13.5.